The van der Waals surface area contributed by atoms with Gasteiger partial charge in [0.25, 0.3) is 0 Å². The lowest BCUT2D eigenvalue weighted by molar-refractivity contribution is 0.199. The zero-order chi connectivity index (χ0) is 14.7. The number of nitrogens with one attached hydrogen (secondary N) is 2. The Bertz CT molecular complexity index is 603. The quantitative estimate of drug-likeness (QED) is 0.803. The summed E-state index contributed by atoms with van der Waals surface area (Å²) < 4.78 is 5.00. The molecule has 6 heteroatoms. The van der Waals surface area contributed by atoms with Crippen LogP contribution in [0, 0.1) is 13.8 Å². The van der Waals surface area contributed by atoms with E-state index in [0.717, 1.165) is 16.8 Å². The molecule has 1 aromatic heterocycles. The third-order valence-electron chi connectivity index (χ3n) is 3.04. The van der Waals surface area contributed by atoms with Crippen molar-refractivity contribution >= 4 is 17.6 Å². The predicted octanol–water partition coefficient (Wildman–Crippen LogP) is 2.99. The average Bonchev–Trinajstić information content (AvgIpc) is 2.71. The van der Waals surface area contributed by atoms with Gasteiger partial charge in [-0.15, -0.1) is 0 Å². The first kappa shape index (κ1) is 14.1. The predicted molar refractivity (Wildman–Crippen MR) is 75.7 cm³/mol. The number of anilines is 2. The van der Waals surface area contributed by atoms with Gasteiger partial charge in [0.2, 0.25) is 5.88 Å². The largest absolute Gasteiger partial charge is 0.389 e. The number of amides is 2. The molecule has 0 fully saturated rings. The minimum absolute atomic E-state index is 0.334. The van der Waals surface area contributed by atoms with Gasteiger partial charge in [-0.05, 0) is 38.5 Å². The van der Waals surface area contributed by atoms with Gasteiger partial charge in [-0.3, -0.25) is 5.32 Å². The van der Waals surface area contributed by atoms with Crippen LogP contribution in [0.25, 0.3) is 0 Å². The highest BCUT2D eigenvalue weighted by molar-refractivity contribution is 5.99. The molecule has 1 aromatic carbocycles. The zero-order valence-corrected chi connectivity index (χ0v) is 11.6. The monoisotopic (exact) mass is 275 g/mol. The van der Waals surface area contributed by atoms with Crippen LogP contribution in [0.5, 0.6) is 0 Å². The number of carbonyl (C=O) groups is 1. The van der Waals surface area contributed by atoms with Crippen LogP contribution < -0.4 is 10.6 Å². The van der Waals surface area contributed by atoms with E-state index in [9.17, 15) is 9.90 Å². The van der Waals surface area contributed by atoms with Crippen LogP contribution in [0.1, 0.15) is 29.8 Å². The van der Waals surface area contributed by atoms with Crippen molar-refractivity contribution in [2.75, 3.05) is 10.6 Å². The Kier molecular flexibility index (Phi) is 4.05. The van der Waals surface area contributed by atoms with Gasteiger partial charge >= 0.3 is 6.03 Å². The molecule has 1 atom stereocenters. The minimum Gasteiger partial charge on any atom is -0.389 e. The summed E-state index contributed by atoms with van der Waals surface area (Å²) in [4.78, 5) is 11.8. The smallest absolute Gasteiger partial charge is 0.326 e. The van der Waals surface area contributed by atoms with Crippen molar-refractivity contribution in [2.45, 2.75) is 26.9 Å². The summed E-state index contributed by atoms with van der Waals surface area (Å²) in [5, 5.41) is 18.4. The number of aliphatic hydroxyl groups excluding tert-OH is 1. The molecular formula is C14H17N3O3. The molecule has 20 heavy (non-hydrogen) atoms. The van der Waals surface area contributed by atoms with Crippen LogP contribution in [0.2, 0.25) is 0 Å². The molecule has 0 spiro atoms. The van der Waals surface area contributed by atoms with Gasteiger partial charge in [-0.2, -0.15) is 0 Å². The Morgan fingerprint density at radius 1 is 1.25 bits per heavy atom. The van der Waals surface area contributed by atoms with Crippen molar-refractivity contribution in [3.63, 3.8) is 0 Å². The summed E-state index contributed by atoms with van der Waals surface area (Å²) in [5.74, 6) is 0.334. The Balaban J connectivity index is 1.99. The molecule has 6 nitrogen and oxygen atoms in total. The number of aryl methyl sites for hydroxylation is 1. The number of benzene rings is 1. The summed E-state index contributed by atoms with van der Waals surface area (Å²) in [7, 11) is 0. The van der Waals surface area contributed by atoms with Gasteiger partial charge in [-0.1, -0.05) is 17.3 Å². The van der Waals surface area contributed by atoms with Crippen LogP contribution in [0.15, 0.2) is 28.8 Å². The highest BCUT2D eigenvalue weighted by Gasteiger charge is 2.11. The Morgan fingerprint density at radius 3 is 2.40 bits per heavy atom. The summed E-state index contributed by atoms with van der Waals surface area (Å²) in [6, 6.07) is 6.54. The molecule has 2 amide bonds. The zero-order valence-electron chi connectivity index (χ0n) is 11.6. The molecule has 0 aliphatic rings. The maximum atomic E-state index is 11.8. The SMILES string of the molecule is Cc1noc(NC(=O)Nc2ccc(C(C)O)cc2)c1C. The van der Waals surface area contributed by atoms with E-state index in [-0.39, 0.29) is 0 Å². The molecule has 2 aromatic rings. The molecule has 106 valence electrons. The van der Waals surface area contributed by atoms with Crippen LogP contribution >= 0.6 is 0 Å². The fourth-order valence-corrected chi connectivity index (χ4v) is 1.64. The van der Waals surface area contributed by atoms with Crippen molar-refractivity contribution in [3.05, 3.63) is 41.1 Å². The van der Waals surface area contributed by atoms with E-state index in [4.69, 9.17) is 4.52 Å². The second-order valence-corrected chi connectivity index (χ2v) is 4.60. The van der Waals surface area contributed by atoms with Crippen LogP contribution in [0.4, 0.5) is 16.4 Å². The standard InChI is InChI=1S/C14H17N3O3/c1-8-9(2)17-20-13(8)16-14(19)15-12-6-4-11(5-7-12)10(3)18/h4-7,10,18H,1-3H3,(H2,15,16,19). The minimum atomic E-state index is -0.530. The number of rotatable bonds is 3. The first-order valence-corrected chi connectivity index (χ1v) is 6.26. The summed E-state index contributed by atoms with van der Waals surface area (Å²) in [6.45, 7) is 5.31. The molecule has 2 rings (SSSR count). The van der Waals surface area contributed by atoms with Crippen molar-refractivity contribution < 1.29 is 14.4 Å². The Labute approximate surface area is 116 Å². The van der Waals surface area contributed by atoms with Crippen LogP contribution in [0.3, 0.4) is 0 Å². The summed E-state index contributed by atoms with van der Waals surface area (Å²) in [5.41, 5.74) is 2.95. The summed E-state index contributed by atoms with van der Waals surface area (Å²) >= 11 is 0. The second-order valence-electron chi connectivity index (χ2n) is 4.60. The van der Waals surface area contributed by atoms with E-state index >= 15 is 0 Å². The molecule has 1 unspecified atom stereocenters. The van der Waals surface area contributed by atoms with Gasteiger partial charge in [0.05, 0.1) is 11.8 Å². The Morgan fingerprint density at radius 2 is 1.90 bits per heavy atom. The number of hydrogen-bond donors (Lipinski definition) is 3. The van der Waals surface area contributed by atoms with Crippen molar-refractivity contribution in [1.82, 2.24) is 5.16 Å². The highest BCUT2D eigenvalue weighted by atomic mass is 16.5. The number of hydrogen-bond acceptors (Lipinski definition) is 4. The molecule has 0 saturated heterocycles. The van der Waals surface area contributed by atoms with E-state index < -0.39 is 12.1 Å². The highest BCUT2D eigenvalue weighted by Crippen LogP contribution is 2.18. The van der Waals surface area contributed by atoms with E-state index in [1.165, 1.54) is 0 Å². The van der Waals surface area contributed by atoms with Crippen LogP contribution in [-0.2, 0) is 0 Å². The van der Waals surface area contributed by atoms with Crippen molar-refractivity contribution in [3.8, 4) is 0 Å². The molecule has 0 radical (unpaired) electrons. The van der Waals surface area contributed by atoms with Gasteiger partial charge in [0.1, 0.15) is 0 Å². The van der Waals surface area contributed by atoms with Gasteiger partial charge in [-0.25, -0.2) is 4.79 Å². The number of aliphatic hydroxyl groups is 1. The Hall–Kier alpha value is -2.34. The number of urea groups is 1. The topological polar surface area (TPSA) is 87.4 Å². The van der Waals surface area contributed by atoms with Crippen molar-refractivity contribution in [2.24, 2.45) is 0 Å². The average molecular weight is 275 g/mol. The molecule has 0 saturated carbocycles. The lowest BCUT2D eigenvalue weighted by Crippen LogP contribution is -2.19. The first-order valence-electron chi connectivity index (χ1n) is 6.26. The lowest BCUT2D eigenvalue weighted by Gasteiger charge is -2.08. The van der Waals surface area contributed by atoms with E-state index in [2.05, 4.69) is 15.8 Å². The first-order chi connectivity index (χ1) is 9.47. The molecular weight excluding hydrogens is 258 g/mol. The number of nitrogens with zero attached hydrogens (tertiary/aromatic N) is 1. The van der Waals surface area contributed by atoms with Gasteiger partial charge in [0.15, 0.2) is 0 Å². The van der Waals surface area contributed by atoms with E-state index in [1.54, 1.807) is 38.1 Å². The molecule has 0 aliphatic carbocycles. The van der Waals surface area contributed by atoms with E-state index in [0.29, 0.717) is 11.6 Å². The molecule has 3 N–H and O–H groups in total. The fraction of sp³-hybridized carbons (Fsp3) is 0.286. The van der Waals surface area contributed by atoms with Crippen molar-refractivity contribution in [1.29, 1.82) is 0 Å². The van der Waals surface area contributed by atoms with Gasteiger partial charge in [0, 0.05) is 11.3 Å². The lowest BCUT2D eigenvalue weighted by atomic mass is 10.1. The second kappa shape index (κ2) is 5.75. The van der Waals surface area contributed by atoms with Gasteiger partial charge < -0.3 is 14.9 Å². The van der Waals surface area contributed by atoms with Crippen LogP contribution in [-0.4, -0.2) is 16.3 Å². The van der Waals surface area contributed by atoms with E-state index in [1.807, 2.05) is 6.92 Å². The third-order valence-corrected chi connectivity index (χ3v) is 3.04. The maximum absolute atomic E-state index is 11.8. The summed E-state index contributed by atoms with van der Waals surface area (Å²) in [6.07, 6.45) is -0.530. The maximum Gasteiger partial charge on any atom is 0.326 e. The fourth-order valence-electron chi connectivity index (χ4n) is 1.64. The number of carbonyl (C=O) groups excluding carboxylic acids is 1. The molecule has 1 heterocycles. The normalized spacial score (nSPS) is 12.0. The molecule has 0 bridgehead atoms. The third kappa shape index (κ3) is 3.16. The number of aromatic nitrogens is 1. The molecule has 0 aliphatic heterocycles.